The number of amides is 1. The molecule has 2 fully saturated rings. The second kappa shape index (κ2) is 6.31. The van der Waals surface area contributed by atoms with Crippen molar-refractivity contribution in [3.05, 3.63) is 0 Å². The molecule has 2 unspecified atom stereocenters. The molecule has 0 aromatic heterocycles. The molecule has 0 aromatic rings. The number of alkyl carbamates (subject to hydrolysis) is 1. The van der Waals surface area contributed by atoms with Crippen LogP contribution in [0, 0.1) is 0 Å². The van der Waals surface area contributed by atoms with Crippen LogP contribution in [0.2, 0.25) is 0 Å². The van der Waals surface area contributed by atoms with Crippen LogP contribution < -0.4 is 10.6 Å². The van der Waals surface area contributed by atoms with Crippen molar-refractivity contribution in [2.24, 2.45) is 0 Å². The van der Waals surface area contributed by atoms with Crippen LogP contribution in [0.3, 0.4) is 0 Å². The third-order valence-corrected chi connectivity index (χ3v) is 3.82. The van der Waals surface area contributed by atoms with E-state index in [0.717, 1.165) is 32.3 Å². The molecule has 0 spiro atoms. The van der Waals surface area contributed by atoms with Gasteiger partial charge >= 0.3 is 6.09 Å². The van der Waals surface area contributed by atoms with Crippen LogP contribution in [0.1, 0.15) is 53.4 Å². The first kappa shape index (κ1) is 15.6. The van der Waals surface area contributed by atoms with Crippen LogP contribution in [-0.2, 0) is 9.47 Å². The average Bonchev–Trinajstić information content (AvgIpc) is 2.23. The average molecular weight is 284 g/mol. The van der Waals surface area contributed by atoms with E-state index in [4.69, 9.17) is 9.47 Å². The lowest BCUT2D eigenvalue weighted by Gasteiger charge is -2.40. The summed E-state index contributed by atoms with van der Waals surface area (Å²) >= 11 is 0. The van der Waals surface area contributed by atoms with Gasteiger partial charge in [0.15, 0.2) is 0 Å². The molecule has 5 heteroatoms. The maximum absolute atomic E-state index is 11.6. The van der Waals surface area contributed by atoms with Gasteiger partial charge in [-0.15, -0.1) is 0 Å². The molecule has 5 nitrogen and oxygen atoms in total. The molecule has 2 N–H and O–H groups in total. The number of carbonyl (C=O) groups excluding carboxylic acids is 1. The van der Waals surface area contributed by atoms with Crippen LogP contribution in [0.15, 0.2) is 0 Å². The first-order chi connectivity index (χ1) is 9.32. The number of hydrogen-bond acceptors (Lipinski definition) is 4. The standard InChI is InChI=1S/C15H28N2O3/c1-10-7-11(5-6-19-10)16-12-8-13(9-12)17-14(18)20-15(2,3)4/h10-13,16H,5-9H2,1-4H3,(H,17,18). The van der Waals surface area contributed by atoms with Crippen molar-refractivity contribution in [1.29, 1.82) is 0 Å². The molecule has 1 aliphatic heterocycles. The minimum Gasteiger partial charge on any atom is -0.444 e. The molecule has 2 aliphatic rings. The van der Waals surface area contributed by atoms with Crippen molar-refractivity contribution in [3.63, 3.8) is 0 Å². The molecular formula is C15H28N2O3. The minimum absolute atomic E-state index is 0.250. The second-order valence-electron chi connectivity index (χ2n) is 7.08. The van der Waals surface area contributed by atoms with E-state index in [-0.39, 0.29) is 12.1 Å². The highest BCUT2D eigenvalue weighted by molar-refractivity contribution is 5.68. The maximum atomic E-state index is 11.6. The van der Waals surface area contributed by atoms with Crippen molar-refractivity contribution in [1.82, 2.24) is 10.6 Å². The Hall–Kier alpha value is -0.810. The van der Waals surface area contributed by atoms with E-state index in [0.29, 0.717) is 18.2 Å². The lowest BCUT2D eigenvalue weighted by atomic mass is 9.85. The monoisotopic (exact) mass is 284 g/mol. The molecule has 0 aromatic carbocycles. The van der Waals surface area contributed by atoms with E-state index in [9.17, 15) is 4.79 Å². The summed E-state index contributed by atoms with van der Waals surface area (Å²) in [6, 6.07) is 1.33. The zero-order valence-corrected chi connectivity index (χ0v) is 13.1. The van der Waals surface area contributed by atoms with Crippen LogP contribution in [0.25, 0.3) is 0 Å². The summed E-state index contributed by atoms with van der Waals surface area (Å²) in [7, 11) is 0. The Balaban J connectivity index is 1.61. The summed E-state index contributed by atoms with van der Waals surface area (Å²) in [5.41, 5.74) is -0.427. The maximum Gasteiger partial charge on any atom is 0.407 e. The number of carbonyl (C=O) groups is 1. The fourth-order valence-electron chi connectivity index (χ4n) is 2.83. The Morgan fingerprint density at radius 1 is 1.15 bits per heavy atom. The summed E-state index contributed by atoms with van der Waals surface area (Å²) in [6.45, 7) is 8.62. The molecule has 1 saturated carbocycles. The van der Waals surface area contributed by atoms with Crippen LogP contribution >= 0.6 is 0 Å². The van der Waals surface area contributed by atoms with E-state index in [1.165, 1.54) is 0 Å². The molecule has 2 rings (SSSR count). The number of ether oxygens (including phenoxy) is 2. The quantitative estimate of drug-likeness (QED) is 0.834. The largest absolute Gasteiger partial charge is 0.444 e. The van der Waals surface area contributed by atoms with E-state index >= 15 is 0 Å². The highest BCUT2D eigenvalue weighted by atomic mass is 16.6. The van der Waals surface area contributed by atoms with Crippen molar-refractivity contribution in [2.45, 2.75) is 83.2 Å². The topological polar surface area (TPSA) is 59.6 Å². The van der Waals surface area contributed by atoms with Gasteiger partial charge in [-0.25, -0.2) is 4.79 Å². The van der Waals surface area contributed by atoms with Gasteiger partial charge in [0.2, 0.25) is 0 Å². The van der Waals surface area contributed by atoms with Crippen molar-refractivity contribution >= 4 is 6.09 Å². The molecule has 1 heterocycles. The van der Waals surface area contributed by atoms with Crippen molar-refractivity contribution in [3.8, 4) is 0 Å². The molecule has 1 saturated heterocycles. The molecule has 0 bridgehead atoms. The Labute approximate surface area is 121 Å². The zero-order chi connectivity index (χ0) is 14.8. The second-order valence-corrected chi connectivity index (χ2v) is 7.08. The van der Waals surface area contributed by atoms with E-state index < -0.39 is 5.60 Å². The lowest BCUT2D eigenvalue weighted by molar-refractivity contribution is 0.00763. The number of hydrogen-bond donors (Lipinski definition) is 2. The molecule has 0 radical (unpaired) electrons. The van der Waals surface area contributed by atoms with Crippen molar-refractivity contribution in [2.75, 3.05) is 6.61 Å². The van der Waals surface area contributed by atoms with Gasteiger partial charge in [-0.3, -0.25) is 0 Å². The van der Waals surface area contributed by atoms with Gasteiger partial charge in [0, 0.05) is 24.7 Å². The Bertz CT molecular complexity index is 335. The van der Waals surface area contributed by atoms with E-state index in [2.05, 4.69) is 17.6 Å². The smallest absolute Gasteiger partial charge is 0.407 e. The fourth-order valence-corrected chi connectivity index (χ4v) is 2.83. The Kier molecular flexibility index (Phi) is 4.91. The molecule has 1 amide bonds. The predicted octanol–water partition coefficient (Wildman–Crippen LogP) is 2.20. The van der Waals surface area contributed by atoms with Crippen LogP contribution in [0.4, 0.5) is 4.79 Å². The summed E-state index contributed by atoms with van der Waals surface area (Å²) < 4.78 is 10.8. The summed E-state index contributed by atoms with van der Waals surface area (Å²) in [5.74, 6) is 0. The first-order valence-corrected chi connectivity index (χ1v) is 7.69. The van der Waals surface area contributed by atoms with Gasteiger partial charge in [-0.05, 0) is 53.4 Å². The van der Waals surface area contributed by atoms with Gasteiger partial charge in [0.25, 0.3) is 0 Å². The molecular weight excluding hydrogens is 256 g/mol. The molecule has 116 valence electrons. The van der Waals surface area contributed by atoms with E-state index in [1.807, 2.05) is 20.8 Å². The molecule has 20 heavy (non-hydrogen) atoms. The normalized spacial score (nSPS) is 34.2. The third kappa shape index (κ3) is 4.94. The fraction of sp³-hybridized carbons (Fsp3) is 0.933. The summed E-state index contributed by atoms with van der Waals surface area (Å²) in [4.78, 5) is 11.6. The summed E-state index contributed by atoms with van der Waals surface area (Å²) in [5, 5.41) is 6.59. The molecule has 1 aliphatic carbocycles. The Morgan fingerprint density at radius 2 is 1.85 bits per heavy atom. The first-order valence-electron chi connectivity index (χ1n) is 7.69. The van der Waals surface area contributed by atoms with Crippen LogP contribution in [0.5, 0.6) is 0 Å². The van der Waals surface area contributed by atoms with Gasteiger partial charge in [-0.1, -0.05) is 0 Å². The lowest BCUT2D eigenvalue weighted by Crippen LogP contribution is -2.56. The number of rotatable bonds is 3. The number of nitrogens with one attached hydrogen (secondary N) is 2. The summed E-state index contributed by atoms with van der Waals surface area (Å²) in [6.07, 6.45) is 4.21. The van der Waals surface area contributed by atoms with Crippen LogP contribution in [-0.4, -0.2) is 42.5 Å². The van der Waals surface area contributed by atoms with Gasteiger partial charge in [0.05, 0.1) is 6.10 Å². The minimum atomic E-state index is -0.427. The van der Waals surface area contributed by atoms with Crippen molar-refractivity contribution < 1.29 is 14.3 Å². The zero-order valence-electron chi connectivity index (χ0n) is 13.1. The predicted molar refractivity (Wildman–Crippen MR) is 77.8 cm³/mol. The Morgan fingerprint density at radius 3 is 2.45 bits per heavy atom. The van der Waals surface area contributed by atoms with Gasteiger partial charge in [-0.2, -0.15) is 0 Å². The van der Waals surface area contributed by atoms with Gasteiger partial charge in [0.1, 0.15) is 5.60 Å². The van der Waals surface area contributed by atoms with Gasteiger partial charge < -0.3 is 20.1 Å². The third-order valence-electron chi connectivity index (χ3n) is 3.82. The van der Waals surface area contributed by atoms with E-state index in [1.54, 1.807) is 0 Å². The SMILES string of the molecule is CC1CC(NC2CC(NC(=O)OC(C)(C)C)C2)CCO1. The highest BCUT2D eigenvalue weighted by Gasteiger charge is 2.33. The molecule has 2 atom stereocenters. The highest BCUT2D eigenvalue weighted by Crippen LogP contribution is 2.23.